The summed E-state index contributed by atoms with van der Waals surface area (Å²) in [5, 5.41) is 2.85. The molecule has 0 radical (unpaired) electrons. The van der Waals surface area contributed by atoms with Gasteiger partial charge in [0.2, 0.25) is 0 Å². The summed E-state index contributed by atoms with van der Waals surface area (Å²) in [6.45, 7) is 5.02. The summed E-state index contributed by atoms with van der Waals surface area (Å²) < 4.78 is 11.5. The molecule has 0 bridgehead atoms. The topological polar surface area (TPSA) is 47.6 Å². The maximum atomic E-state index is 12.0. The van der Waals surface area contributed by atoms with E-state index in [1.54, 1.807) is 0 Å². The van der Waals surface area contributed by atoms with Crippen molar-refractivity contribution >= 4 is 5.91 Å². The highest BCUT2D eigenvalue weighted by molar-refractivity contribution is 5.77. The van der Waals surface area contributed by atoms with Gasteiger partial charge in [0.15, 0.2) is 6.61 Å². The Hall–Kier alpha value is -2.49. The zero-order valence-corrected chi connectivity index (χ0v) is 15.6. The van der Waals surface area contributed by atoms with Crippen LogP contribution in [0.1, 0.15) is 35.1 Å². The molecule has 0 aromatic heterocycles. The summed E-state index contributed by atoms with van der Waals surface area (Å²) in [6.07, 6.45) is 4.57. The van der Waals surface area contributed by atoms with Crippen LogP contribution in [0.2, 0.25) is 0 Å². The molecule has 1 N–H and O–H groups in total. The van der Waals surface area contributed by atoms with Gasteiger partial charge >= 0.3 is 0 Å². The number of nitrogens with one attached hydrogen (secondary N) is 1. The van der Waals surface area contributed by atoms with Crippen molar-refractivity contribution in [2.45, 2.75) is 39.5 Å². The summed E-state index contributed by atoms with van der Waals surface area (Å²) in [5.74, 6) is 1.59. The van der Waals surface area contributed by atoms with Gasteiger partial charge in [0.25, 0.3) is 5.91 Å². The summed E-state index contributed by atoms with van der Waals surface area (Å²) in [7, 11) is 0. The summed E-state index contributed by atoms with van der Waals surface area (Å²) >= 11 is 0. The molecule has 26 heavy (non-hydrogen) atoms. The summed E-state index contributed by atoms with van der Waals surface area (Å²) in [5.41, 5.74) is 4.94. The number of carbonyl (C=O) groups excluding carboxylic acids is 1. The van der Waals surface area contributed by atoms with E-state index in [-0.39, 0.29) is 12.5 Å². The van der Waals surface area contributed by atoms with E-state index < -0.39 is 0 Å². The van der Waals surface area contributed by atoms with Gasteiger partial charge < -0.3 is 14.8 Å². The van der Waals surface area contributed by atoms with Gasteiger partial charge in [-0.3, -0.25) is 4.79 Å². The molecule has 138 valence electrons. The molecule has 1 aliphatic carbocycles. The molecular weight excluding hydrogens is 326 g/mol. The smallest absolute Gasteiger partial charge is 0.258 e. The first-order valence-corrected chi connectivity index (χ1v) is 9.34. The monoisotopic (exact) mass is 353 g/mol. The average molecular weight is 353 g/mol. The minimum atomic E-state index is -0.123. The first kappa shape index (κ1) is 18.3. The first-order chi connectivity index (χ1) is 12.6. The molecule has 4 nitrogen and oxygen atoms in total. The van der Waals surface area contributed by atoms with E-state index in [9.17, 15) is 4.79 Å². The second kappa shape index (κ2) is 8.75. The predicted molar refractivity (Wildman–Crippen MR) is 103 cm³/mol. The molecule has 0 heterocycles. The first-order valence-electron chi connectivity index (χ1n) is 9.34. The van der Waals surface area contributed by atoms with E-state index in [4.69, 9.17) is 9.47 Å². The number of hydrogen-bond acceptors (Lipinski definition) is 3. The Kier molecular flexibility index (Phi) is 6.16. The fourth-order valence-electron chi connectivity index (χ4n) is 3.39. The molecule has 0 saturated carbocycles. The normalized spacial score (nSPS) is 13.0. The van der Waals surface area contributed by atoms with Gasteiger partial charge in [-0.25, -0.2) is 0 Å². The van der Waals surface area contributed by atoms with E-state index in [0.29, 0.717) is 13.2 Å². The lowest BCUT2D eigenvalue weighted by Gasteiger charge is -2.19. The lowest BCUT2D eigenvalue weighted by Crippen LogP contribution is -2.32. The Labute approximate surface area is 155 Å². The Balaban J connectivity index is 1.41. The van der Waals surface area contributed by atoms with Crippen LogP contribution in [0, 0.1) is 13.8 Å². The standard InChI is InChI=1S/C22H27NO3/c1-16-10-11-20(17(2)14-16)25-13-12-23-22(24)15-26-21-9-5-7-18-6-3-4-8-19(18)21/h5,7,9-11,14H,3-4,6,8,12-13,15H2,1-2H3,(H,23,24). The molecule has 0 atom stereocenters. The van der Waals surface area contributed by atoms with Gasteiger partial charge in [0.05, 0.1) is 6.54 Å². The van der Waals surface area contributed by atoms with Crippen molar-refractivity contribution in [1.29, 1.82) is 0 Å². The number of rotatable bonds is 7. The zero-order chi connectivity index (χ0) is 18.4. The fourth-order valence-corrected chi connectivity index (χ4v) is 3.39. The third-order valence-electron chi connectivity index (χ3n) is 4.72. The van der Waals surface area contributed by atoms with Crippen LogP contribution in [0.3, 0.4) is 0 Å². The number of aryl methyl sites for hydroxylation is 3. The van der Waals surface area contributed by atoms with Crippen LogP contribution in [0.5, 0.6) is 11.5 Å². The molecule has 0 saturated heterocycles. The van der Waals surface area contributed by atoms with Crippen LogP contribution in [-0.4, -0.2) is 25.7 Å². The van der Waals surface area contributed by atoms with Gasteiger partial charge in [-0.2, -0.15) is 0 Å². The molecule has 0 fully saturated rings. The number of benzene rings is 2. The zero-order valence-electron chi connectivity index (χ0n) is 15.6. The average Bonchev–Trinajstić information content (AvgIpc) is 2.65. The van der Waals surface area contributed by atoms with Gasteiger partial charge in [0.1, 0.15) is 18.1 Å². The van der Waals surface area contributed by atoms with Crippen molar-refractivity contribution in [2.75, 3.05) is 19.8 Å². The Morgan fingerprint density at radius 1 is 1.04 bits per heavy atom. The molecule has 0 spiro atoms. The molecule has 1 amide bonds. The summed E-state index contributed by atoms with van der Waals surface area (Å²) in [6, 6.07) is 12.2. The van der Waals surface area contributed by atoms with Crippen LogP contribution in [0.25, 0.3) is 0 Å². The Morgan fingerprint density at radius 2 is 1.88 bits per heavy atom. The molecule has 0 aliphatic heterocycles. The Bertz CT molecular complexity index is 770. The highest BCUT2D eigenvalue weighted by atomic mass is 16.5. The van der Waals surface area contributed by atoms with Crippen molar-refractivity contribution in [1.82, 2.24) is 5.32 Å². The summed E-state index contributed by atoms with van der Waals surface area (Å²) in [4.78, 5) is 12.0. The molecule has 1 aliphatic rings. The molecule has 3 rings (SSSR count). The molecule has 2 aromatic rings. The molecule has 2 aromatic carbocycles. The van der Waals surface area contributed by atoms with E-state index in [1.165, 1.54) is 29.5 Å². The van der Waals surface area contributed by atoms with Gasteiger partial charge in [-0.15, -0.1) is 0 Å². The van der Waals surface area contributed by atoms with E-state index in [2.05, 4.69) is 24.4 Å². The number of fused-ring (bicyclic) bond motifs is 1. The predicted octanol–water partition coefficient (Wildman–Crippen LogP) is 3.76. The minimum absolute atomic E-state index is 0.0417. The van der Waals surface area contributed by atoms with Crippen molar-refractivity contribution in [3.8, 4) is 11.5 Å². The largest absolute Gasteiger partial charge is 0.491 e. The van der Waals surface area contributed by atoms with Crippen LogP contribution in [0.15, 0.2) is 36.4 Å². The molecule has 0 unspecified atom stereocenters. The van der Waals surface area contributed by atoms with Crippen molar-refractivity contribution < 1.29 is 14.3 Å². The van der Waals surface area contributed by atoms with Crippen LogP contribution < -0.4 is 14.8 Å². The van der Waals surface area contributed by atoms with Crippen molar-refractivity contribution in [2.24, 2.45) is 0 Å². The van der Waals surface area contributed by atoms with E-state index in [1.807, 2.05) is 31.2 Å². The van der Waals surface area contributed by atoms with Crippen LogP contribution >= 0.6 is 0 Å². The van der Waals surface area contributed by atoms with Gasteiger partial charge in [0, 0.05) is 0 Å². The third-order valence-corrected chi connectivity index (χ3v) is 4.72. The highest BCUT2D eigenvalue weighted by Gasteiger charge is 2.14. The van der Waals surface area contributed by atoms with Gasteiger partial charge in [-0.05, 0) is 68.4 Å². The molecular formula is C22H27NO3. The number of ether oxygens (including phenoxy) is 2. The number of carbonyl (C=O) groups is 1. The van der Waals surface area contributed by atoms with Crippen molar-refractivity contribution in [3.63, 3.8) is 0 Å². The van der Waals surface area contributed by atoms with Crippen LogP contribution in [-0.2, 0) is 17.6 Å². The third kappa shape index (κ3) is 4.78. The van der Waals surface area contributed by atoms with Crippen molar-refractivity contribution in [3.05, 3.63) is 58.7 Å². The second-order valence-electron chi connectivity index (χ2n) is 6.86. The lowest BCUT2D eigenvalue weighted by molar-refractivity contribution is -0.123. The maximum absolute atomic E-state index is 12.0. The fraction of sp³-hybridized carbons (Fsp3) is 0.409. The number of hydrogen-bond donors (Lipinski definition) is 1. The number of amides is 1. The van der Waals surface area contributed by atoms with Crippen LogP contribution in [0.4, 0.5) is 0 Å². The maximum Gasteiger partial charge on any atom is 0.258 e. The minimum Gasteiger partial charge on any atom is -0.491 e. The highest BCUT2D eigenvalue weighted by Crippen LogP contribution is 2.29. The lowest BCUT2D eigenvalue weighted by atomic mass is 9.91. The molecule has 4 heteroatoms. The van der Waals surface area contributed by atoms with E-state index in [0.717, 1.165) is 29.9 Å². The quantitative estimate of drug-likeness (QED) is 0.771. The second-order valence-corrected chi connectivity index (χ2v) is 6.86. The Morgan fingerprint density at radius 3 is 2.73 bits per heavy atom. The van der Waals surface area contributed by atoms with E-state index >= 15 is 0 Å². The SMILES string of the molecule is Cc1ccc(OCCNC(=O)COc2cccc3c2CCCC3)c(C)c1. The van der Waals surface area contributed by atoms with Gasteiger partial charge in [-0.1, -0.05) is 29.8 Å².